The summed E-state index contributed by atoms with van der Waals surface area (Å²) in [6.45, 7) is 8.42. The molecule has 1 aromatic carbocycles. The minimum Gasteiger partial charge on any atom is -0.598 e. The number of hydrogen-bond donors (Lipinski definition) is 1. The summed E-state index contributed by atoms with van der Waals surface area (Å²) in [6.07, 6.45) is -6.47. The highest BCUT2D eigenvalue weighted by Crippen LogP contribution is 2.33. The van der Waals surface area contributed by atoms with Gasteiger partial charge in [-0.3, -0.25) is 0 Å². The summed E-state index contributed by atoms with van der Waals surface area (Å²) < 4.78 is 81.5. The van der Waals surface area contributed by atoms with Gasteiger partial charge in [0.25, 0.3) is 6.43 Å². The van der Waals surface area contributed by atoms with Crippen LogP contribution in [0.25, 0.3) is 11.4 Å². The molecule has 10 heteroatoms. The summed E-state index contributed by atoms with van der Waals surface area (Å²) in [5.41, 5.74) is -0.471. The summed E-state index contributed by atoms with van der Waals surface area (Å²) in [5, 5.41) is 0. The Morgan fingerprint density at radius 2 is 1.62 bits per heavy atom. The van der Waals surface area contributed by atoms with E-state index in [1.54, 1.807) is 34.6 Å². The predicted molar refractivity (Wildman–Crippen MR) is 103 cm³/mol. The number of nitrogens with zero attached hydrogens (tertiary/aromatic N) is 2. The first-order valence-corrected chi connectivity index (χ1v) is 10.1. The highest BCUT2D eigenvalue weighted by atomic mass is 32.2. The molecule has 29 heavy (non-hydrogen) atoms. The van der Waals surface area contributed by atoms with E-state index in [4.69, 9.17) is 0 Å². The van der Waals surface area contributed by atoms with Crippen LogP contribution >= 0.6 is 0 Å². The maximum Gasteiger partial charge on any atom is 0.434 e. The Hall–Kier alpha value is -1.65. The zero-order valence-corrected chi connectivity index (χ0v) is 17.5. The summed E-state index contributed by atoms with van der Waals surface area (Å²) in [6, 6.07) is 3.89. The second kappa shape index (κ2) is 8.61. The third-order valence-corrected chi connectivity index (χ3v) is 5.73. The molecule has 1 N–H and O–H groups in total. The standard InChI is InChI=1S/C19H24F5N3OS/c1-11(2)27-10-14(19(22,23)24)25-17(27)13-8-6-12(7-9-13)15(16(20)21)26-29(28)18(3,4)5/h6-11,15-16,26H,1-5H3/t15-,29?/m1/s1. The van der Waals surface area contributed by atoms with Crippen LogP contribution in [0.5, 0.6) is 0 Å². The van der Waals surface area contributed by atoms with Gasteiger partial charge >= 0.3 is 6.18 Å². The minimum atomic E-state index is -4.59. The number of benzene rings is 1. The highest BCUT2D eigenvalue weighted by Gasteiger charge is 2.36. The largest absolute Gasteiger partial charge is 0.598 e. The van der Waals surface area contributed by atoms with Gasteiger partial charge in [0.15, 0.2) is 5.69 Å². The molecule has 162 valence electrons. The van der Waals surface area contributed by atoms with Crippen LogP contribution in [0.4, 0.5) is 22.0 Å². The van der Waals surface area contributed by atoms with Crippen molar-refractivity contribution in [1.29, 1.82) is 0 Å². The van der Waals surface area contributed by atoms with Gasteiger partial charge in [-0.1, -0.05) is 24.3 Å². The number of rotatable bonds is 6. The molecule has 1 unspecified atom stereocenters. The quantitative estimate of drug-likeness (QED) is 0.479. The predicted octanol–water partition coefficient (Wildman–Crippen LogP) is 5.51. The maximum absolute atomic E-state index is 13.5. The van der Waals surface area contributed by atoms with Gasteiger partial charge < -0.3 is 9.12 Å². The van der Waals surface area contributed by atoms with Crippen molar-refractivity contribution in [3.05, 3.63) is 41.7 Å². The third kappa shape index (κ3) is 5.70. The Morgan fingerprint density at radius 3 is 2.03 bits per heavy atom. The molecule has 2 atom stereocenters. The summed E-state index contributed by atoms with van der Waals surface area (Å²) in [7, 11) is 0. The van der Waals surface area contributed by atoms with Crippen molar-refractivity contribution >= 4 is 11.4 Å². The molecule has 0 bridgehead atoms. The Kier molecular flexibility index (Phi) is 7.01. The van der Waals surface area contributed by atoms with Crippen molar-refractivity contribution in [3.63, 3.8) is 0 Å². The summed E-state index contributed by atoms with van der Waals surface area (Å²) >= 11 is -1.72. The normalized spacial score (nSPS) is 15.2. The molecule has 4 nitrogen and oxygen atoms in total. The van der Waals surface area contributed by atoms with Crippen molar-refractivity contribution < 1.29 is 26.5 Å². The molecule has 1 aromatic heterocycles. The molecular weight excluding hydrogens is 413 g/mol. The number of hydrogen-bond acceptors (Lipinski definition) is 3. The molecule has 0 saturated heterocycles. The smallest absolute Gasteiger partial charge is 0.434 e. The van der Waals surface area contributed by atoms with Crippen molar-refractivity contribution in [3.8, 4) is 11.4 Å². The first-order valence-electron chi connectivity index (χ1n) is 8.94. The van der Waals surface area contributed by atoms with Gasteiger partial charge in [0.1, 0.15) is 16.6 Å². The topological polar surface area (TPSA) is 52.9 Å². The van der Waals surface area contributed by atoms with Crippen molar-refractivity contribution in [1.82, 2.24) is 14.3 Å². The first-order chi connectivity index (χ1) is 13.2. The molecule has 2 rings (SSSR count). The summed E-state index contributed by atoms with van der Waals surface area (Å²) in [5.74, 6) is 0.0960. The van der Waals surface area contributed by atoms with Gasteiger partial charge in [0.2, 0.25) is 0 Å². The van der Waals surface area contributed by atoms with Gasteiger partial charge in [0.05, 0.1) is 0 Å². The number of alkyl halides is 5. The zero-order valence-electron chi connectivity index (χ0n) is 16.7. The second-order valence-corrected chi connectivity index (χ2v) is 9.88. The van der Waals surface area contributed by atoms with E-state index < -0.39 is 40.4 Å². The van der Waals surface area contributed by atoms with Crippen LogP contribution < -0.4 is 4.72 Å². The van der Waals surface area contributed by atoms with E-state index in [2.05, 4.69) is 9.71 Å². The number of aromatic nitrogens is 2. The number of imidazole rings is 1. The van der Waals surface area contributed by atoms with E-state index in [0.717, 1.165) is 6.20 Å². The van der Waals surface area contributed by atoms with Crippen LogP contribution in [0.3, 0.4) is 0 Å². The van der Waals surface area contributed by atoms with Gasteiger partial charge in [-0.15, -0.1) is 4.72 Å². The van der Waals surface area contributed by atoms with Crippen molar-refractivity contribution in [2.45, 2.75) is 64.1 Å². The SMILES string of the molecule is CC(C)n1cc(C(F)(F)F)nc1-c1ccc([C@@H](N[S+]([O-])C(C)(C)C)C(F)F)cc1. The fourth-order valence-corrected chi connectivity index (χ4v) is 3.36. The molecule has 0 amide bonds. The van der Waals surface area contributed by atoms with Crippen LogP contribution in [0.1, 0.15) is 58.0 Å². The minimum absolute atomic E-state index is 0.0960. The molecular formula is C19H24F5N3OS. The zero-order chi connectivity index (χ0) is 22.1. The Balaban J connectivity index is 2.37. The molecule has 0 fully saturated rings. The van der Waals surface area contributed by atoms with Crippen molar-refractivity contribution in [2.75, 3.05) is 0 Å². The average Bonchev–Trinajstić information content (AvgIpc) is 3.04. The highest BCUT2D eigenvalue weighted by molar-refractivity contribution is 7.90. The molecule has 0 spiro atoms. The van der Waals surface area contributed by atoms with Gasteiger partial charge in [-0.05, 0) is 40.2 Å². The number of halogens is 5. The van der Waals surface area contributed by atoms with Crippen LogP contribution in [-0.2, 0) is 17.5 Å². The lowest BCUT2D eigenvalue weighted by Gasteiger charge is -2.27. The fourth-order valence-electron chi connectivity index (χ4n) is 2.53. The van der Waals surface area contributed by atoms with Gasteiger partial charge in [0, 0.05) is 29.2 Å². The van der Waals surface area contributed by atoms with Crippen LogP contribution in [0, 0.1) is 0 Å². The lowest BCUT2D eigenvalue weighted by molar-refractivity contribution is -0.140. The van der Waals surface area contributed by atoms with Crippen LogP contribution in [-0.4, -0.2) is 25.3 Å². The lowest BCUT2D eigenvalue weighted by atomic mass is 10.1. The van der Waals surface area contributed by atoms with E-state index in [0.29, 0.717) is 5.56 Å². The Morgan fingerprint density at radius 1 is 1.07 bits per heavy atom. The van der Waals surface area contributed by atoms with Crippen molar-refractivity contribution in [2.24, 2.45) is 0 Å². The molecule has 0 aliphatic carbocycles. The fraction of sp³-hybridized carbons (Fsp3) is 0.526. The Labute approximate surface area is 169 Å². The van der Waals surface area contributed by atoms with E-state index >= 15 is 0 Å². The molecule has 0 aliphatic rings. The van der Waals surface area contributed by atoms with E-state index in [1.807, 2.05) is 0 Å². The van der Waals surface area contributed by atoms with Gasteiger partial charge in [-0.2, -0.15) is 13.2 Å². The second-order valence-electron chi connectivity index (χ2n) is 7.88. The third-order valence-electron chi connectivity index (χ3n) is 4.15. The molecule has 0 radical (unpaired) electrons. The summed E-state index contributed by atoms with van der Waals surface area (Å²) in [4.78, 5) is 3.69. The Bertz CT molecular complexity index is 813. The number of nitrogens with one attached hydrogen (secondary N) is 1. The van der Waals surface area contributed by atoms with Crippen LogP contribution in [0.15, 0.2) is 30.5 Å². The maximum atomic E-state index is 13.5. The van der Waals surface area contributed by atoms with Crippen LogP contribution in [0.2, 0.25) is 0 Å². The van der Waals surface area contributed by atoms with Gasteiger partial charge in [-0.25, -0.2) is 13.8 Å². The van der Waals surface area contributed by atoms with E-state index in [1.165, 1.54) is 28.8 Å². The molecule has 0 aliphatic heterocycles. The van der Waals surface area contributed by atoms with E-state index in [-0.39, 0.29) is 17.4 Å². The first kappa shape index (κ1) is 23.6. The molecule has 1 heterocycles. The monoisotopic (exact) mass is 437 g/mol. The average molecular weight is 437 g/mol. The molecule has 2 aromatic rings. The molecule has 0 saturated carbocycles. The lowest BCUT2D eigenvalue weighted by Crippen LogP contribution is -2.43. The van der Waals surface area contributed by atoms with E-state index in [9.17, 15) is 26.5 Å².